The summed E-state index contributed by atoms with van der Waals surface area (Å²) in [7, 11) is -3.57. The molecule has 1 N–H and O–H groups in total. The molecule has 1 unspecified atom stereocenters. The Morgan fingerprint density at radius 2 is 2.00 bits per heavy atom. The molecule has 10 heteroatoms. The molecule has 1 aliphatic heterocycles. The Morgan fingerprint density at radius 1 is 1.30 bits per heavy atom. The summed E-state index contributed by atoms with van der Waals surface area (Å²) in [6.45, 7) is 6.70. The number of esters is 1. The van der Waals surface area contributed by atoms with Crippen LogP contribution in [-0.4, -0.2) is 49.3 Å². The zero-order chi connectivity index (χ0) is 21.9. The SMILES string of the molecule is CCOC(=O)c1sc(NC(=O)c2ccc(S(=O)(=O)N3CCCC(C)C3)cc2)nc1C. The Bertz CT molecular complexity index is 1030. The Balaban J connectivity index is 1.71. The summed E-state index contributed by atoms with van der Waals surface area (Å²) in [5.41, 5.74) is 0.775. The molecule has 0 saturated carbocycles. The maximum Gasteiger partial charge on any atom is 0.350 e. The summed E-state index contributed by atoms with van der Waals surface area (Å²) >= 11 is 1.04. The number of piperidine rings is 1. The number of hydrogen-bond donors (Lipinski definition) is 1. The van der Waals surface area contributed by atoms with E-state index in [9.17, 15) is 18.0 Å². The Morgan fingerprint density at radius 3 is 2.63 bits per heavy atom. The number of nitrogens with one attached hydrogen (secondary N) is 1. The number of aryl methyl sites for hydroxylation is 1. The van der Waals surface area contributed by atoms with Gasteiger partial charge in [0, 0.05) is 18.7 Å². The summed E-state index contributed by atoms with van der Waals surface area (Å²) in [6, 6.07) is 5.84. The molecule has 1 saturated heterocycles. The van der Waals surface area contributed by atoms with Gasteiger partial charge in [-0.2, -0.15) is 4.31 Å². The third-order valence-corrected chi connectivity index (χ3v) is 7.78. The van der Waals surface area contributed by atoms with E-state index in [0.29, 0.717) is 35.1 Å². The fraction of sp³-hybridized carbons (Fsp3) is 0.450. The van der Waals surface area contributed by atoms with E-state index in [0.717, 1.165) is 24.2 Å². The third-order valence-electron chi connectivity index (χ3n) is 4.85. The zero-order valence-corrected chi connectivity index (χ0v) is 18.8. The van der Waals surface area contributed by atoms with Crippen LogP contribution in [0.2, 0.25) is 0 Å². The molecule has 30 heavy (non-hydrogen) atoms. The molecular formula is C20H25N3O5S2. The predicted molar refractivity (Wildman–Crippen MR) is 114 cm³/mol. The topological polar surface area (TPSA) is 106 Å². The first-order chi connectivity index (χ1) is 14.2. The van der Waals surface area contributed by atoms with E-state index in [2.05, 4.69) is 10.3 Å². The van der Waals surface area contributed by atoms with Crippen molar-refractivity contribution >= 4 is 38.4 Å². The first-order valence-electron chi connectivity index (χ1n) is 9.78. The molecule has 0 radical (unpaired) electrons. The van der Waals surface area contributed by atoms with Gasteiger partial charge >= 0.3 is 5.97 Å². The summed E-state index contributed by atoms with van der Waals surface area (Å²) < 4.78 is 32.1. The molecule has 1 aromatic carbocycles. The molecular weight excluding hydrogens is 426 g/mol. The molecule has 1 atom stereocenters. The van der Waals surface area contributed by atoms with Gasteiger partial charge in [0.05, 0.1) is 17.2 Å². The number of sulfonamides is 1. The van der Waals surface area contributed by atoms with Crippen molar-refractivity contribution in [3.63, 3.8) is 0 Å². The third kappa shape index (κ3) is 4.88. The summed E-state index contributed by atoms with van der Waals surface area (Å²) in [5, 5.41) is 2.92. The quantitative estimate of drug-likeness (QED) is 0.676. The normalized spacial score (nSPS) is 17.5. The second kappa shape index (κ2) is 9.23. The highest BCUT2D eigenvalue weighted by Gasteiger charge is 2.28. The van der Waals surface area contributed by atoms with Crippen LogP contribution in [0.25, 0.3) is 0 Å². The Kier molecular flexibility index (Phi) is 6.89. The van der Waals surface area contributed by atoms with Gasteiger partial charge in [-0.3, -0.25) is 10.1 Å². The van der Waals surface area contributed by atoms with Gasteiger partial charge in [0.15, 0.2) is 5.13 Å². The monoisotopic (exact) mass is 451 g/mol. The fourth-order valence-corrected chi connectivity index (χ4v) is 5.75. The van der Waals surface area contributed by atoms with Crippen molar-refractivity contribution < 1.29 is 22.7 Å². The van der Waals surface area contributed by atoms with Gasteiger partial charge in [0.25, 0.3) is 5.91 Å². The minimum atomic E-state index is -3.57. The van der Waals surface area contributed by atoms with Crippen molar-refractivity contribution in [2.24, 2.45) is 5.92 Å². The first-order valence-corrected chi connectivity index (χ1v) is 12.0. The number of rotatable bonds is 6. The zero-order valence-electron chi connectivity index (χ0n) is 17.2. The maximum atomic E-state index is 12.8. The number of ether oxygens (including phenoxy) is 1. The summed E-state index contributed by atoms with van der Waals surface area (Å²) in [6.07, 6.45) is 1.88. The number of amides is 1. The van der Waals surface area contributed by atoms with Crippen LogP contribution in [0.5, 0.6) is 0 Å². The lowest BCUT2D eigenvalue weighted by molar-refractivity contribution is 0.0531. The van der Waals surface area contributed by atoms with E-state index in [4.69, 9.17) is 4.74 Å². The molecule has 1 amide bonds. The number of hydrogen-bond acceptors (Lipinski definition) is 7. The lowest BCUT2D eigenvalue weighted by atomic mass is 10.0. The van der Waals surface area contributed by atoms with Gasteiger partial charge in [-0.25, -0.2) is 18.2 Å². The fourth-order valence-electron chi connectivity index (χ4n) is 3.30. The lowest BCUT2D eigenvalue weighted by Crippen LogP contribution is -2.39. The number of nitrogens with zero attached hydrogens (tertiary/aromatic N) is 2. The average molecular weight is 452 g/mol. The lowest BCUT2D eigenvalue weighted by Gasteiger charge is -2.30. The van der Waals surface area contributed by atoms with Crippen LogP contribution < -0.4 is 5.32 Å². The van der Waals surface area contributed by atoms with E-state index >= 15 is 0 Å². The highest BCUT2D eigenvalue weighted by atomic mass is 32.2. The molecule has 8 nitrogen and oxygen atoms in total. The number of benzene rings is 1. The smallest absolute Gasteiger partial charge is 0.350 e. The molecule has 0 spiro atoms. The standard InChI is InChI=1S/C20H25N3O5S2/c1-4-28-19(25)17-14(3)21-20(29-17)22-18(24)15-7-9-16(10-8-15)30(26,27)23-11-5-6-13(2)12-23/h7-10,13H,4-6,11-12H2,1-3H3,(H,21,22,24). The minimum Gasteiger partial charge on any atom is -0.462 e. The Hall–Kier alpha value is -2.30. The maximum absolute atomic E-state index is 12.8. The van der Waals surface area contributed by atoms with Crippen LogP contribution in [0.4, 0.5) is 5.13 Å². The van der Waals surface area contributed by atoms with Crippen LogP contribution in [0, 0.1) is 12.8 Å². The van der Waals surface area contributed by atoms with E-state index in [1.807, 2.05) is 6.92 Å². The first kappa shape index (κ1) is 22.4. The summed E-state index contributed by atoms with van der Waals surface area (Å²) in [4.78, 5) is 29.1. The number of anilines is 1. The van der Waals surface area contributed by atoms with E-state index < -0.39 is 21.9 Å². The van der Waals surface area contributed by atoms with Gasteiger partial charge in [-0.05, 0) is 56.9 Å². The molecule has 2 heterocycles. The van der Waals surface area contributed by atoms with Crippen molar-refractivity contribution in [1.29, 1.82) is 0 Å². The number of carbonyl (C=O) groups excluding carboxylic acids is 2. The van der Waals surface area contributed by atoms with Crippen LogP contribution in [0.3, 0.4) is 0 Å². The molecule has 2 aromatic rings. The number of aromatic nitrogens is 1. The van der Waals surface area contributed by atoms with Crippen molar-refractivity contribution in [2.75, 3.05) is 25.0 Å². The minimum absolute atomic E-state index is 0.169. The molecule has 1 aliphatic rings. The van der Waals surface area contributed by atoms with Gasteiger partial charge in [-0.1, -0.05) is 18.3 Å². The van der Waals surface area contributed by atoms with Crippen LogP contribution >= 0.6 is 11.3 Å². The predicted octanol–water partition coefficient (Wildman–Crippen LogP) is 3.30. The van der Waals surface area contributed by atoms with Crippen LogP contribution in [0.1, 0.15) is 52.4 Å². The number of thiazole rings is 1. The second-order valence-electron chi connectivity index (χ2n) is 7.24. The van der Waals surface area contributed by atoms with E-state index in [1.54, 1.807) is 13.8 Å². The Labute approximate surface area is 180 Å². The van der Waals surface area contributed by atoms with E-state index in [1.165, 1.54) is 28.6 Å². The molecule has 0 bridgehead atoms. The number of carbonyl (C=O) groups is 2. The van der Waals surface area contributed by atoms with Gasteiger partial charge < -0.3 is 4.74 Å². The molecule has 1 fully saturated rings. The van der Waals surface area contributed by atoms with Crippen molar-refractivity contribution in [3.8, 4) is 0 Å². The van der Waals surface area contributed by atoms with E-state index in [-0.39, 0.29) is 16.6 Å². The highest BCUT2D eigenvalue weighted by molar-refractivity contribution is 7.89. The molecule has 162 valence electrons. The van der Waals surface area contributed by atoms with Gasteiger partial charge in [0.1, 0.15) is 4.88 Å². The van der Waals surface area contributed by atoms with Gasteiger partial charge in [-0.15, -0.1) is 0 Å². The van der Waals surface area contributed by atoms with Crippen LogP contribution in [0.15, 0.2) is 29.2 Å². The van der Waals surface area contributed by atoms with Crippen LogP contribution in [-0.2, 0) is 14.8 Å². The molecule has 3 rings (SSSR count). The molecule has 1 aromatic heterocycles. The second-order valence-corrected chi connectivity index (χ2v) is 10.2. The largest absolute Gasteiger partial charge is 0.462 e. The summed E-state index contributed by atoms with van der Waals surface area (Å²) in [5.74, 6) is -0.580. The van der Waals surface area contributed by atoms with Crippen molar-refractivity contribution in [1.82, 2.24) is 9.29 Å². The van der Waals surface area contributed by atoms with Gasteiger partial charge in [0.2, 0.25) is 10.0 Å². The average Bonchev–Trinajstić information content (AvgIpc) is 3.08. The highest BCUT2D eigenvalue weighted by Crippen LogP contribution is 2.25. The molecule has 0 aliphatic carbocycles. The van der Waals surface area contributed by atoms with Crippen molar-refractivity contribution in [3.05, 3.63) is 40.4 Å². The van der Waals surface area contributed by atoms with Crippen molar-refractivity contribution in [2.45, 2.75) is 38.5 Å².